The first-order chi connectivity index (χ1) is 33.0. The van der Waals surface area contributed by atoms with Gasteiger partial charge in [0.2, 0.25) is 0 Å². The Balaban J connectivity index is 1.46. The molecule has 18 heteroatoms. The number of hydrogen-bond acceptors (Lipinski definition) is 16. The number of benzene rings is 3. The Labute approximate surface area is 414 Å². The highest BCUT2D eigenvalue weighted by atomic mass is 28.4. The first kappa shape index (κ1) is 55.0. The summed E-state index contributed by atoms with van der Waals surface area (Å²) in [6.45, 7) is 21.4. The summed E-state index contributed by atoms with van der Waals surface area (Å²) in [5.74, 6) is -2.82. The van der Waals surface area contributed by atoms with Gasteiger partial charge in [-0.15, -0.1) is 0 Å². The molecule has 0 radical (unpaired) electrons. The van der Waals surface area contributed by atoms with Crippen LogP contribution in [0.25, 0.3) is 0 Å². The van der Waals surface area contributed by atoms with Gasteiger partial charge in [-0.25, -0.2) is 4.79 Å². The van der Waals surface area contributed by atoms with Gasteiger partial charge >= 0.3 is 23.9 Å². The molecule has 6 rings (SSSR count). The summed E-state index contributed by atoms with van der Waals surface area (Å²) in [6, 6.07) is 30.0. The van der Waals surface area contributed by atoms with E-state index in [1.807, 2.05) is 66.7 Å². The van der Waals surface area contributed by atoms with E-state index in [2.05, 4.69) is 64.7 Å². The van der Waals surface area contributed by atoms with Crippen molar-refractivity contribution in [3.05, 3.63) is 96.6 Å². The molecule has 0 aromatic heterocycles. The molecule has 3 saturated heterocycles. The van der Waals surface area contributed by atoms with Crippen molar-refractivity contribution in [1.29, 1.82) is 0 Å². The van der Waals surface area contributed by atoms with Crippen LogP contribution in [0.1, 0.15) is 74.2 Å². The molecule has 0 bridgehead atoms. The summed E-state index contributed by atoms with van der Waals surface area (Å²) in [6.07, 6.45) is -13.5. The quantitative estimate of drug-likeness (QED) is 0.0777. The van der Waals surface area contributed by atoms with Crippen LogP contribution in [0.15, 0.2) is 91.0 Å². The number of hydrogen-bond donors (Lipinski definition) is 0. The summed E-state index contributed by atoms with van der Waals surface area (Å²) in [5, 5.41) is 1.52. The Morgan fingerprint density at radius 2 is 1.16 bits per heavy atom. The molecule has 3 heterocycles. The number of ether oxygens (including phenoxy) is 11. The van der Waals surface area contributed by atoms with E-state index in [-0.39, 0.29) is 19.8 Å². The van der Waals surface area contributed by atoms with Gasteiger partial charge in [0.1, 0.15) is 42.7 Å². The van der Waals surface area contributed by atoms with Crippen LogP contribution in [0.4, 0.5) is 0 Å². The van der Waals surface area contributed by atoms with Crippen LogP contribution < -0.4 is 10.4 Å². The van der Waals surface area contributed by atoms with Crippen LogP contribution in [0.5, 0.6) is 0 Å². The van der Waals surface area contributed by atoms with Gasteiger partial charge in [0.05, 0.1) is 13.2 Å². The van der Waals surface area contributed by atoms with Crippen molar-refractivity contribution < 1.29 is 75.7 Å². The van der Waals surface area contributed by atoms with E-state index < -0.39 is 125 Å². The molecule has 3 aliphatic rings. The molecule has 70 heavy (non-hydrogen) atoms. The van der Waals surface area contributed by atoms with Gasteiger partial charge in [-0.05, 0) is 42.2 Å². The number of esters is 4. The molecule has 3 aromatic carbocycles. The van der Waals surface area contributed by atoms with Crippen molar-refractivity contribution in [2.45, 2.75) is 166 Å². The lowest BCUT2D eigenvalue weighted by molar-refractivity contribution is -0.388. The number of carbonyl (C=O) groups excluding carboxylic acids is 4. The molecule has 384 valence electrons. The van der Waals surface area contributed by atoms with Gasteiger partial charge in [-0.3, -0.25) is 14.4 Å². The van der Waals surface area contributed by atoms with Gasteiger partial charge in [-0.1, -0.05) is 131 Å². The SMILES string of the molecule is CC(=O)O[C@@H]1[C@@H](OC(C)=O)[C@H](OCC[Si](C)(C)C)O[C@H](CO[Si](c2ccccc2)(c2ccccc2)C(C)(C)C)[C@H]1O[C@@H]1O[C@@H]2CO[C@H](c3ccccc3)O[C@@H]2[C@H](OCC(=O)OC(C)(C)C)[C@H]1OC(C)=O. The molecule has 0 unspecified atom stereocenters. The fraction of sp³-hybridized carbons (Fsp3) is 0.577. The Morgan fingerprint density at radius 3 is 1.67 bits per heavy atom. The Morgan fingerprint density at radius 1 is 0.629 bits per heavy atom. The molecule has 0 amide bonds. The minimum absolute atomic E-state index is 0.0405. The zero-order chi connectivity index (χ0) is 51.0. The van der Waals surface area contributed by atoms with Crippen molar-refractivity contribution in [3.63, 3.8) is 0 Å². The highest BCUT2D eigenvalue weighted by Crippen LogP contribution is 2.41. The second-order valence-electron chi connectivity index (χ2n) is 21.1. The van der Waals surface area contributed by atoms with Crippen molar-refractivity contribution in [3.8, 4) is 0 Å². The smallest absolute Gasteiger partial charge is 0.332 e. The zero-order valence-corrected chi connectivity index (χ0v) is 44.6. The van der Waals surface area contributed by atoms with Gasteiger partial charge in [0, 0.05) is 41.0 Å². The molecule has 16 nitrogen and oxygen atoms in total. The minimum atomic E-state index is -3.29. The van der Waals surface area contributed by atoms with Crippen LogP contribution in [0, 0.1) is 0 Å². The fourth-order valence-electron chi connectivity index (χ4n) is 9.04. The third-order valence-electron chi connectivity index (χ3n) is 12.0. The maximum atomic E-state index is 13.3. The second kappa shape index (κ2) is 23.5. The van der Waals surface area contributed by atoms with Crippen LogP contribution in [-0.2, 0) is 75.7 Å². The average molecular weight is 1010 g/mol. The molecule has 3 aromatic rings. The topological polar surface area (TPSA) is 179 Å². The third-order valence-corrected chi connectivity index (χ3v) is 18.7. The van der Waals surface area contributed by atoms with Crippen molar-refractivity contribution in [2.24, 2.45) is 0 Å². The van der Waals surface area contributed by atoms with Crippen LogP contribution in [0.3, 0.4) is 0 Å². The lowest BCUT2D eigenvalue weighted by Crippen LogP contribution is -2.70. The number of carbonyl (C=O) groups is 4. The molecule has 0 aliphatic carbocycles. The van der Waals surface area contributed by atoms with E-state index in [0.717, 1.165) is 16.4 Å². The number of rotatable bonds is 18. The van der Waals surface area contributed by atoms with E-state index in [4.69, 9.17) is 56.5 Å². The number of fused-ring (bicyclic) bond motifs is 1. The van der Waals surface area contributed by atoms with Crippen LogP contribution in [-0.4, -0.2) is 134 Å². The maximum absolute atomic E-state index is 13.3. The lowest BCUT2D eigenvalue weighted by Gasteiger charge is -2.51. The third kappa shape index (κ3) is 14.2. The molecule has 11 atom stereocenters. The summed E-state index contributed by atoms with van der Waals surface area (Å²) in [7, 11) is -4.95. The summed E-state index contributed by atoms with van der Waals surface area (Å²) in [4.78, 5) is 52.7. The monoisotopic (exact) mass is 1010 g/mol. The molecule has 3 aliphatic heterocycles. The van der Waals surface area contributed by atoms with E-state index in [1.165, 1.54) is 20.8 Å². The van der Waals surface area contributed by atoms with E-state index >= 15 is 0 Å². The van der Waals surface area contributed by atoms with E-state index in [0.29, 0.717) is 5.56 Å². The summed E-state index contributed by atoms with van der Waals surface area (Å²) >= 11 is 0. The van der Waals surface area contributed by atoms with Crippen molar-refractivity contribution >= 4 is 50.6 Å². The fourth-order valence-corrected chi connectivity index (χ4v) is 14.3. The predicted octanol–water partition coefficient (Wildman–Crippen LogP) is 6.39. The van der Waals surface area contributed by atoms with Crippen LogP contribution >= 0.6 is 0 Å². The van der Waals surface area contributed by atoms with Gasteiger partial charge in [-0.2, -0.15) is 0 Å². The molecule has 3 fully saturated rings. The first-order valence-electron chi connectivity index (χ1n) is 24.0. The molecule has 0 N–H and O–H groups in total. The predicted molar refractivity (Wildman–Crippen MR) is 262 cm³/mol. The Hall–Kier alpha value is -4.35. The van der Waals surface area contributed by atoms with Crippen molar-refractivity contribution in [2.75, 3.05) is 26.4 Å². The lowest BCUT2D eigenvalue weighted by atomic mass is 9.95. The van der Waals surface area contributed by atoms with Gasteiger partial charge in [0.25, 0.3) is 8.32 Å². The standard InChI is InChI=1S/C52H72O16Si2/c1-33(53)61-45-43(67-50-46(62-34(2)54)44(58-32-41(56)68-51(4,5)6)42-39(65-50)30-59-48(66-42)36-22-16-13-17-23-36)40(64-49(47(45)63-35(3)55)57-28-29-69(10,11)12)31-60-70(52(7,8)9,37-24-18-14-19-25-37)38-26-20-15-21-27-38/h13-27,39-40,42-50H,28-32H2,1-12H3/t39-,40-,42+,43-,44+,45+,46-,47-,48+,49-,50+/m1/s1. The average Bonchev–Trinajstić information content (AvgIpc) is 3.27. The Kier molecular flexibility index (Phi) is 18.4. The minimum Gasteiger partial charge on any atom is -0.458 e. The zero-order valence-electron chi connectivity index (χ0n) is 42.6. The van der Waals surface area contributed by atoms with Gasteiger partial charge in [0.15, 0.2) is 37.2 Å². The van der Waals surface area contributed by atoms with E-state index in [1.54, 1.807) is 20.8 Å². The normalized spacial score (nSPS) is 27.4. The largest absolute Gasteiger partial charge is 0.458 e. The molecule has 0 saturated carbocycles. The molecular formula is C52H72O16Si2. The second-order valence-corrected chi connectivity index (χ2v) is 31.0. The molecule has 0 spiro atoms. The van der Waals surface area contributed by atoms with Gasteiger partial charge < -0.3 is 56.5 Å². The van der Waals surface area contributed by atoms with E-state index in [9.17, 15) is 19.2 Å². The van der Waals surface area contributed by atoms with Crippen molar-refractivity contribution in [1.82, 2.24) is 0 Å². The summed E-state index contributed by atoms with van der Waals surface area (Å²) < 4.78 is 77.4. The molecular weight excluding hydrogens is 937 g/mol. The Bertz CT molecular complexity index is 2140. The van der Waals surface area contributed by atoms with Crippen LogP contribution in [0.2, 0.25) is 30.7 Å². The first-order valence-corrected chi connectivity index (χ1v) is 29.6. The highest BCUT2D eigenvalue weighted by molar-refractivity contribution is 6.99. The summed E-state index contributed by atoms with van der Waals surface area (Å²) in [5.41, 5.74) is -0.125. The highest BCUT2D eigenvalue weighted by Gasteiger charge is 2.59. The maximum Gasteiger partial charge on any atom is 0.332 e.